The molecular weight excluding hydrogens is 162 g/mol. The summed E-state index contributed by atoms with van der Waals surface area (Å²) in [7, 11) is 4.25. The molecule has 1 rings (SSSR count). The van der Waals surface area contributed by atoms with Crippen molar-refractivity contribution in [2.75, 3.05) is 46.8 Å². The second kappa shape index (κ2) is 5.58. The molecule has 0 aromatic carbocycles. The maximum absolute atomic E-state index is 2.57. The van der Waals surface area contributed by atoms with Crippen LogP contribution >= 0.6 is 0 Å². The average molecular weight is 185 g/mol. The molecule has 0 unspecified atom stereocenters. The van der Waals surface area contributed by atoms with E-state index < -0.39 is 0 Å². The Kier molecular flexibility index (Phi) is 4.70. The van der Waals surface area contributed by atoms with Crippen LogP contribution in [0.1, 0.15) is 19.8 Å². The van der Waals surface area contributed by atoms with E-state index in [0.717, 1.165) is 0 Å². The second-order valence-electron chi connectivity index (χ2n) is 4.00. The van der Waals surface area contributed by atoms with Crippen molar-refractivity contribution >= 4 is 0 Å². The Labute approximate surface area is 82.3 Å². The van der Waals surface area contributed by atoms with Crippen LogP contribution < -0.4 is 0 Å². The highest BCUT2D eigenvalue weighted by molar-refractivity contribution is 4.68. The van der Waals surface area contributed by atoms with Crippen LogP contribution in [0.3, 0.4) is 0 Å². The number of hydrogen-bond acceptors (Lipinski definition) is 3. The van der Waals surface area contributed by atoms with Gasteiger partial charge in [-0.1, -0.05) is 13.3 Å². The molecular formula is C10H23N3. The number of rotatable bonds is 4. The highest BCUT2D eigenvalue weighted by atomic mass is 15.6. The fourth-order valence-electron chi connectivity index (χ4n) is 1.74. The molecule has 1 aliphatic heterocycles. The van der Waals surface area contributed by atoms with Crippen molar-refractivity contribution in [3.8, 4) is 0 Å². The van der Waals surface area contributed by atoms with E-state index in [1.54, 1.807) is 0 Å². The summed E-state index contributed by atoms with van der Waals surface area (Å²) in [5.74, 6) is 0. The lowest BCUT2D eigenvalue weighted by Gasteiger charge is -2.37. The molecule has 0 atom stereocenters. The number of nitrogens with zero attached hydrogens (tertiary/aromatic N) is 3. The summed E-state index contributed by atoms with van der Waals surface area (Å²) >= 11 is 0. The van der Waals surface area contributed by atoms with Gasteiger partial charge in [0.05, 0.1) is 0 Å². The molecule has 0 saturated carbocycles. The normalized spacial score (nSPS) is 21.2. The third kappa shape index (κ3) is 3.63. The molecule has 0 N–H and O–H groups in total. The van der Waals surface area contributed by atoms with E-state index in [1.807, 2.05) is 0 Å². The molecule has 0 aromatic rings. The summed E-state index contributed by atoms with van der Waals surface area (Å²) in [5, 5.41) is 4.61. The summed E-state index contributed by atoms with van der Waals surface area (Å²) in [6.07, 6.45) is 2.66. The minimum atomic E-state index is 1.19. The van der Waals surface area contributed by atoms with Crippen molar-refractivity contribution in [2.24, 2.45) is 0 Å². The molecule has 3 nitrogen and oxygen atoms in total. The van der Waals surface area contributed by atoms with Crippen molar-refractivity contribution < 1.29 is 0 Å². The molecule has 1 aliphatic rings. The topological polar surface area (TPSA) is 9.72 Å². The van der Waals surface area contributed by atoms with E-state index in [2.05, 4.69) is 35.9 Å². The lowest BCUT2D eigenvalue weighted by atomic mass is 10.3. The van der Waals surface area contributed by atoms with Gasteiger partial charge in [-0.3, -0.25) is 0 Å². The second-order valence-corrected chi connectivity index (χ2v) is 4.00. The van der Waals surface area contributed by atoms with Gasteiger partial charge in [0.2, 0.25) is 0 Å². The third-order valence-corrected chi connectivity index (χ3v) is 2.74. The van der Waals surface area contributed by atoms with Crippen molar-refractivity contribution in [1.82, 2.24) is 14.9 Å². The smallest absolute Gasteiger partial charge is 0.0261 e. The van der Waals surface area contributed by atoms with Gasteiger partial charge in [-0.05, 0) is 13.0 Å². The van der Waals surface area contributed by atoms with Crippen LogP contribution in [0.5, 0.6) is 0 Å². The van der Waals surface area contributed by atoms with Gasteiger partial charge in [-0.2, -0.15) is 0 Å². The van der Waals surface area contributed by atoms with Gasteiger partial charge in [-0.15, -0.1) is 0 Å². The van der Waals surface area contributed by atoms with Gasteiger partial charge in [-0.25, -0.2) is 10.0 Å². The van der Waals surface area contributed by atoms with E-state index in [4.69, 9.17) is 0 Å². The SMILES string of the molecule is CCCCN1CCN(N(C)C)CC1. The Morgan fingerprint density at radius 3 is 2.15 bits per heavy atom. The molecule has 1 fully saturated rings. The molecule has 0 radical (unpaired) electrons. The molecule has 0 aromatic heterocycles. The van der Waals surface area contributed by atoms with Gasteiger partial charge < -0.3 is 4.90 Å². The first-order chi connectivity index (χ1) is 6.24. The van der Waals surface area contributed by atoms with E-state index in [-0.39, 0.29) is 0 Å². The number of unbranched alkanes of at least 4 members (excludes halogenated alkanes) is 1. The van der Waals surface area contributed by atoms with E-state index in [9.17, 15) is 0 Å². The number of hydrogen-bond donors (Lipinski definition) is 0. The minimum Gasteiger partial charge on any atom is -0.301 e. The lowest BCUT2D eigenvalue weighted by Crippen LogP contribution is -2.51. The molecule has 0 aliphatic carbocycles. The quantitative estimate of drug-likeness (QED) is 0.644. The van der Waals surface area contributed by atoms with Crippen LogP contribution in [-0.2, 0) is 0 Å². The van der Waals surface area contributed by atoms with Gasteiger partial charge in [0.15, 0.2) is 0 Å². The lowest BCUT2D eigenvalue weighted by molar-refractivity contribution is -0.0188. The van der Waals surface area contributed by atoms with Crippen molar-refractivity contribution in [3.63, 3.8) is 0 Å². The van der Waals surface area contributed by atoms with Gasteiger partial charge in [0.25, 0.3) is 0 Å². The zero-order valence-electron chi connectivity index (χ0n) is 9.29. The average Bonchev–Trinajstić information content (AvgIpc) is 2.15. The van der Waals surface area contributed by atoms with E-state index in [1.165, 1.54) is 45.6 Å². The summed E-state index contributed by atoms with van der Waals surface area (Å²) < 4.78 is 0. The maximum atomic E-state index is 2.57. The largest absolute Gasteiger partial charge is 0.301 e. The number of hydrazine groups is 1. The van der Waals surface area contributed by atoms with Gasteiger partial charge in [0.1, 0.15) is 0 Å². The highest BCUT2D eigenvalue weighted by Gasteiger charge is 2.16. The molecule has 78 valence electrons. The molecule has 1 saturated heterocycles. The summed E-state index contributed by atoms with van der Waals surface area (Å²) in [4.78, 5) is 2.57. The molecule has 0 amide bonds. The molecule has 0 bridgehead atoms. The first-order valence-electron chi connectivity index (χ1n) is 5.38. The van der Waals surface area contributed by atoms with Crippen molar-refractivity contribution in [3.05, 3.63) is 0 Å². The fraction of sp³-hybridized carbons (Fsp3) is 1.00. The Morgan fingerprint density at radius 2 is 1.69 bits per heavy atom. The minimum absolute atomic E-state index is 1.19. The predicted molar refractivity (Wildman–Crippen MR) is 56.6 cm³/mol. The van der Waals surface area contributed by atoms with Crippen molar-refractivity contribution in [2.45, 2.75) is 19.8 Å². The first kappa shape index (κ1) is 11.0. The van der Waals surface area contributed by atoms with Crippen LogP contribution in [0.25, 0.3) is 0 Å². The Hall–Kier alpha value is -0.120. The molecule has 0 spiro atoms. The van der Waals surface area contributed by atoms with E-state index >= 15 is 0 Å². The zero-order chi connectivity index (χ0) is 9.68. The first-order valence-corrected chi connectivity index (χ1v) is 5.38. The standard InChI is InChI=1S/C10H23N3/c1-4-5-6-12-7-9-13(10-8-12)11(2)3/h4-10H2,1-3H3. The predicted octanol–water partition coefficient (Wildman–Crippen LogP) is 0.881. The summed E-state index contributed by atoms with van der Waals surface area (Å²) in [5.41, 5.74) is 0. The van der Waals surface area contributed by atoms with Crippen LogP contribution in [0.15, 0.2) is 0 Å². The molecule has 3 heteroatoms. The highest BCUT2D eigenvalue weighted by Crippen LogP contribution is 2.03. The fourth-order valence-corrected chi connectivity index (χ4v) is 1.74. The zero-order valence-corrected chi connectivity index (χ0v) is 9.29. The van der Waals surface area contributed by atoms with Gasteiger partial charge >= 0.3 is 0 Å². The van der Waals surface area contributed by atoms with Crippen molar-refractivity contribution in [1.29, 1.82) is 0 Å². The summed E-state index contributed by atoms with van der Waals surface area (Å²) in [6.45, 7) is 8.40. The van der Waals surface area contributed by atoms with Crippen LogP contribution in [0, 0.1) is 0 Å². The van der Waals surface area contributed by atoms with Crippen LogP contribution in [-0.4, -0.2) is 61.7 Å². The Balaban J connectivity index is 2.15. The Bertz CT molecular complexity index is 128. The summed E-state index contributed by atoms with van der Waals surface area (Å²) in [6, 6.07) is 0. The monoisotopic (exact) mass is 185 g/mol. The third-order valence-electron chi connectivity index (χ3n) is 2.74. The maximum Gasteiger partial charge on any atom is 0.0261 e. The van der Waals surface area contributed by atoms with Crippen LogP contribution in [0.2, 0.25) is 0 Å². The number of piperazine rings is 1. The Morgan fingerprint density at radius 1 is 1.08 bits per heavy atom. The van der Waals surface area contributed by atoms with Crippen LogP contribution in [0.4, 0.5) is 0 Å². The molecule has 1 heterocycles. The molecule has 13 heavy (non-hydrogen) atoms. The van der Waals surface area contributed by atoms with E-state index in [0.29, 0.717) is 0 Å². The van der Waals surface area contributed by atoms with Gasteiger partial charge in [0, 0.05) is 40.3 Å².